The van der Waals surface area contributed by atoms with Crippen LogP contribution in [0, 0.1) is 0 Å². The number of nitrogens with one attached hydrogen (secondary N) is 1. The highest BCUT2D eigenvalue weighted by Gasteiger charge is 2.54. The van der Waals surface area contributed by atoms with Crippen LogP contribution < -0.4 is 5.32 Å². The third-order valence-electron chi connectivity index (χ3n) is 20.2. The predicted octanol–water partition coefficient (Wildman–Crippen LogP) is 13.0. The van der Waals surface area contributed by atoms with E-state index >= 15 is 0 Å². The quantitative estimate of drug-likeness (QED) is 0.0199. The van der Waals surface area contributed by atoms with Crippen molar-refractivity contribution in [1.29, 1.82) is 0 Å². The number of ether oxygens (including phenoxy) is 6. The van der Waals surface area contributed by atoms with Gasteiger partial charge in [-0.15, -0.1) is 0 Å². The molecule has 0 bridgehead atoms. The number of hydrogen-bond donors (Lipinski definition) is 12. The van der Waals surface area contributed by atoms with Gasteiger partial charge in [0.15, 0.2) is 18.9 Å². The Balaban J connectivity index is 1.33. The van der Waals surface area contributed by atoms with Crippen LogP contribution in [0.1, 0.15) is 335 Å². The van der Waals surface area contributed by atoms with Crippen LogP contribution in [0.5, 0.6) is 0 Å². The Morgan fingerprint density at radius 2 is 0.649 bits per heavy atom. The molecule has 572 valence electrons. The number of carbonyl (C=O) groups excluding carboxylic acids is 1. The van der Waals surface area contributed by atoms with E-state index in [9.17, 15) is 61.0 Å². The summed E-state index contributed by atoms with van der Waals surface area (Å²) in [6, 6.07) is -0.970. The Bertz CT molecular complexity index is 1850. The van der Waals surface area contributed by atoms with Gasteiger partial charge in [-0.25, -0.2) is 0 Å². The fraction of sp³-hybridized carbons (Fsp3) is 0.936. The number of rotatable bonds is 64. The van der Waals surface area contributed by atoms with Gasteiger partial charge in [0.1, 0.15) is 73.2 Å². The summed E-state index contributed by atoms with van der Waals surface area (Å²) in [4.78, 5) is 13.5. The fourth-order valence-electron chi connectivity index (χ4n) is 13.8. The Labute approximate surface area is 588 Å². The zero-order chi connectivity index (χ0) is 70.4. The molecule has 12 N–H and O–H groups in total. The molecule has 3 heterocycles. The highest BCUT2D eigenvalue weighted by Crippen LogP contribution is 2.33. The van der Waals surface area contributed by atoms with Crippen LogP contribution in [0.4, 0.5) is 0 Å². The average molecular weight is 1390 g/mol. The van der Waals surface area contributed by atoms with E-state index in [4.69, 9.17) is 28.4 Å². The Kier molecular flexibility index (Phi) is 55.0. The van der Waals surface area contributed by atoms with Gasteiger partial charge in [-0.1, -0.05) is 308 Å². The summed E-state index contributed by atoms with van der Waals surface area (Å²) in [6.45, 7) is 1.78. The first kappa shape index (κ1) is 89.5. The number of aliphatic hydroxyl groups excluding tert-OH is 11. The van der Waals surface area contributed by atoms with Crippen LogP contribution >= 0.6 is 0 Å². The number of aliphatic hydroxyl groups is 11. The molecule has 1 amide bonds. The molecule has 17 atom stereocenters. The second kappa shape index (κ2) is 59.6. The smallest absolute Gasteiger partial charge is 0.220 e. The van der Waals surface area contributed by atoms with E-state index in [2.05, 4.69) is 31.3 Å². The maximum atomic E-state index is 13.5. The van der Waals surface area contributed by atoms with Crippen molar-refractivity contribution in [1.82, 2.24) is 5.32 Å². The molecule has 3 aliphatic rings. The summed E-state index contributed by atoms with van der Waals surface area (Å²) in [7, 11) is 0. The van der Waals surface area contributed by atoms with Gasteiger partial charge in [-0.3, -0.25) is 4.79 Å². The van der Waals surface area contributed by atoms with Crippen LogP contribution in [0.2, 0.25) is 0 Å². The first-order valence-electron chi connectivity index (χ1n) is 40.1. The number of allylic oxidation sites excluding steroid dienone is 3. The van der Waals surface area contributed by atoms with Gasteiger partial charge >= 0.3 is 0 Å². The van der Waals surface area contributed by atoms with Crippen LogP contribution in [0.25, 0.3) is 0 Å². The molecule has 3 fully saturated rings. The summed E-state index contributed by atoms with van der Waals surface area (Å²) >= 11 is 0. The lowest BCUT2D eigenvalue weighted by molar-refractivity contribution is -0.379. The van der Waals surface area contributed by atoms with Gasteiger partial charge in [-0.05, 0) is 44.9 Å². The molecule has 19 nitrogen and oxygen atoms in total. The van der Waals surface area contributed by atoms with Crippen molar-refractivity contribution in [2.24, 2.45) is 0 Å². The molecule has 3 rings (SSSR count). The zero-order valence-corrected chi connectivity index (χ0v) is 61.1. The molecule has 0 saturated carbocycles. The minimum atomic E-state index is -1.98. The van der Waals surface area contributed by atoms with Crippen molar-refractivity contribution >= 4 is 5.91 Å². The number of carbonyl (C=O) groups is 1. The van der Waals surface area contributed by atoms with Crippen molar-refractivity contribution in [2.45, 2.75) is 439 Å². The summed E-state index contributed by atoms with van der Waals surface area (Å²) in [5, 5.41) is 121. The molecule has 0 spiro atoms. The van der Waals surface area contributed by atoms with E-state index in [0.29, 0.717) is 6.42 Å². The molecular formula is C78H147NO18. The summed E-state index contributed by atoms with van der Waals surface area (Å²) in [6.07, 6.45) is 44.7. The van der Waals surface area contributed by atoms with E-state index in [1.54, 1.807) is 6.08 Å². The zero-order valence-electron chi connectivity index (χ0n) is 61.1. The SMILES string of the molecule is CCCCCCCCCC/C=C\CCCCCCCCCCCCCCCCCCCCCCCCCC(=O)NC(COC1OC(CO)C(OC2OC(CO)C(OC3OC(CO)C(O)C(O)C3O)C(O)C2O)C(O)C1O)C(O)/C=C/CCCCCCCCCCCCCCCCC. The number of unbranched alkanes of at least 4 members (excludes halogenated alkanes) is 46. The number of amides is 1. The molecule has 19 heteroatoms. The first-order valence-corrected chi connectivity index (χ1v) is 40.1. The first-order chi connectivity index (χ1) is 47.3. The fourth-order valence-corrected chi connectivity index (χ4v) is 13.8. The minimum absolute atomic E-state index is 0.249. The minimum Gasteiger partial charge on any atom is -0.394 e. The van der Waals surface area contributed by atoms with Crippen molar-refractivity contribution in [3.63, 3.8) is 0 Å². The number of hydrogen-bond acceptors (Lipinski definition) is 18. The molecule has 0 radical (unpaired) electrons. The molecule has 0 aromatic carbocycles. The summed E-state index contributed by atoms with van der Waals surface area (Å²) < 4.78 is 34.4. The molecule has 0 aromatic heterocycles. The topological polar surface area (TPSA) is 307 Å². The van der Waals surface area contributed by atoms with Crippen LogP contribution in [0.15, 0.2) is 24.3 Å². The Morgan fingerprint density at radius 1 is 0.361 bits per heavy atom. The lowest BCUT2D eigenvalue weighted by Gasteiger charge is -2.48. The molecule has 97 heavy (non-hydrogen) atoms. The lowest BCUT2D eigenvalue weighted by Crippen LogP contribution is -2.66. The predicted molar refractivity (Wildman–Crippen MR) is 383 cm³/mol. The highest BCUT2D eigenvalue weighted by molar-refractivity contribution is 5.76. The maximum Gasteiger partial charge on any atom is 0.220 e. The van der Waals surface area contributed by atoms with Gasteiger partial charge in [0.2, 0.25) is 5.91 Å². The summed E-state index contributed by atoms with van der Waals surface area (Å²) in [5.41, 5.74) is 0. The van der Waals surface area contributed by atoms with E-state index in [0.717, 1.165) is 44.9 Å². The molecule has 0 aromatic rings. The molecule has 3 aliphatic heterocycles. The van der Waals surface area contributed by atoms with Gasteiger partial charge in [0.05, 0.1) is 38.6 Å². The third-order valence-corrected chi connectivity index (χ3v) is 20.2. The second-order valence-corrected chi connectivity index (χ2v) is 28.9. The normalized spacial score (nSPS) is 27.0. The molecular weight excluding hydrogens is 1240 g/mol. The third kappa shape index (κ3) is 40.2. The Morgan fingerprint density at radius 3 is 1.00 bits per heavy atom. The largest absolute Gasteiger partial charge is 0.394 e. The van der Waals surface area contributed by atoms with E-state index in [-0.39, 0.29) is 18.9 Å². The van der Waals surface area contributed by atoms with Gasteiger partial charge in [0.25, 0.3) is 0 Å². The second-order valence-electron chi connectivity index (χ2n) is 28.9. The van der Waals surface area contributed by atoms with Crippen LogP contribution in [-0.4, -0.2) is 193 Å². The summed E-state index contributed by atoms with van der Waals surface area (Å²) in [5.74, 6) is -0.268. The van der Waals surface area contributed by atoms with E-state index < -0.39 is 124 Å². The average Bonchev–Trinajstić information content (AvgIpc) is 0.792. The van der Waals surface area contributed by atoms with Gasteiger partial charge < -0.3 is 89.9 Å². The maximum absolute atomic E-state index is 13.5. The van der Waals surface area contributed by atoms with Crippen molar-refractivity contribution < 1.29 is 89.4 Å². The monoisotopic (exact) mass is 1390 g/mol. The molecule has 0 aliphatic carbocycles. The van der Waals surface area contributed by atoms with E-state index in [1.807, 2.05) is 6.08 Å². The van der Waals surface area contributed by atoms with Gasteiger partial charge in [-0.2, -0.15) is 0 Å². The molecule has 3 saturated heterocycles. The highest BCUT2D eigenvalue weighted by atomic mass is 16.8. The van der Waals surface area contributed by atoms with E-state index in [1.165, 1.54) is 263 Å². The van der Waals surface area contributed by atoms with Crippen molar-refractivity contribution in [3.05, 3.63) is 24.3 Å². The molecule has 17 unspecified atom stereocenters. The lowest BCUT2D eigenvalue weighted by atomic mass is 9.96. The van der Waals surface area contributed by atoms with Crippen molar-refractivity contribution in [2.75, 3.05) is 26.4 Å². The van der Waals surface area contributed by atoms with Crippen LogP contribution in [0.3, 0.4) is 0 Å². The standard InChI is InChI=1S/C78H147NO18/c1-3-5-7-9-11-13-15-17-19-21-22-23-24-25-26-27-28-29-30-31-32-33-34-35-36-37-38-40-42-44-46-48-50-52-54-56-66(84)79-61(62(83)55-53-51-49-47-45-43-41-39-20-18-16-14-12-10-8-6-4-2)60-92-76-72(90)69(87)74(64(58-81)94-76)97-78-73(91)70(88)75(65(59-82)95-78)96-77-71(89)68(86)67(85)63(57-80)93-77/h21-22,53,55,61-65,67-78,80-83,85-91H,3-20,23-52,54,56-60H2,1-2H3,(H,79,84)/b22-21-,55-53+. The van der Waals surface area contributed by atoms with Gasteiger partial charge in [0, 0.05) is 6.42 Å². The Hall–Kier alpha value is -1.73. The van der Waals surface area contributed by atoms with Crippen LogP contribution in [-0.2, 0) is 33.2 Å². The van der Waals surface area contributed by atoms with Crippen molar-refractivity contribution in [3.8, 4) is 0 Å².